The molecule has 14 heavy (non-hydrogen) atoms. The second kappa shape index (κ2) is 4.15. The molecule has 0 aromatic heterocycles. The van der Waals surface area contributed by atoms with Crippen molar-refractivity contribution >= 4 is 18.4 Å². The molecule has 0 spiro atoms. The van der Waals surface area contributed by atoms with Crippen LogP contribution < -0.4 is 0 Å². The number of rotatable bonds is 3. The Balaban J connectivity index is 3.02. The highest BCUT2D eigenvalue weighted by Crippen LogP contribution is 2.23. The first kappa shape index (κ1) is 11.3. The molecule has 0 bridgehead atoms. The second-order valence-electron chi connectivity index (χ2n) is 3.48. The topological polar surface area (TPSA) is 37.3 Å². The molecule has 0 heterocycles. The normalized spacial score (nSPS) is 17.1. The van der Waals surface area contributed by atoms with Gasteiger partial charge in [0.2, 0.25) is 0 Å². The molecule has 0 amide bonds. The lowest BCUT2D eigenvalue weighted by Gasteiger charge is -2.23. The molecule has 0 saturated carbocycles. The van der Waals surface area contributed by atoms with Crippen molar-refractivity contribution in [3.63, 3.8) is 0 Å². The predicted octanol–water partition coefficient (Wildman–Crippen LogP) is 1.78. The zero-order chi connectivity index (χ0) is 10.8. The van der Waals surface area contributed by atoms with E-state index in [4.69, 9.17) is 0 Å². The van der Waals surface area contributed by atoms with Crippen LogP contribution in [0.15, 0.2) is 30.3 Å². The van der Waals surface area contributed by atoms with Crippen molar-refractivity contribution in [2.24, 2.45) is 0 Å². The molecule has 1 aromatic rings. The smallest absolute Gasteiger partial charge is 0.180 e. The summed E-state index contributed by atoms with van der Waals surface area (Å²) in [5.74, 6) is -0.285. The van der Waals surface area contributed by atoms with E-state index in [9.17, 15) is 9.90 Å². The van der Waals surface area contributed by atoms with E-state index in [1.54, 1.807) is 31.2 Å². The Bertz CT molecular complexity index is 317. The summed E-state index contributed by atoms with van der Waals surface area (Å²) in [5, 5.41) is 9.56. The van der Waals surface area contributed by atoms with Gasteiger partial charge in [0, 0.05) is 0 Å². The van der Waals surface area contributed by atoms with Crippen LogP contribution in [-0.4, -0.2) is 16.1 Å². The van der Waals surface area contributed by atoms with Crippen LogP contribution in [0.5, 0.6) is 0 Å². The van der Waals surface area contributed by atoms with Crippen LogP contribution in [0.4, 0.5) is 0 Å². The van der Waals surface area contributed by atoms with Gasteiger partial charge < -0.3 is 5.11 Å². The molecular weight excluding hydrogens is 196 g/mol. The van der Waals surface area contributed by atoms with Crippen molar-refractivity contribution in [3.8, 4) is 0 Å². The molecule has 0 radical (unpaired) electrons. The second-order valence-corrected chi connectivity index (χ2v) is 4.25. The van der Waals surface area contributed by atoms with Crippen molar-refractivity contribution in [2.45, 2.75) is 24.7 Å². The number of carbonyl (C=O) groups excluding carboxylic acids is 1. The maximum absolute atomic E-state index is 11.6. The molecule has 1 aromatic carbocycles. The van der Waals surface area contributed by atoms with Gasteiger partial charge in [-0.15, -0.1) is 0 Å². The number of ketones is 1. The van der Waals surface area contributed by atoms with Gasteiger partial charge in [0.05, 0.1) is 5.25 Å². The Morgan fingerprint density at radius 3 is 2.36 bits per heavy atom. The zero-order valence-electron chi connectivity index (χ0n) is 8.27. The van der Waals surface area contributed by atoms with Gasteiger partial charge in [-0.05, 0) is 19.4 Å². The number of Topliss-reactive ketones (excluding diaryl/α,β-unsaturated/α-hetero) is 1. The first-order chi connectivity index (χ1) is 6.46. The maximum atomic E-state index is 11.6. The van der Waals surface area contributed by atoms with Gasteiger partial charge in [0.15, 0.2) is 5.78 Å². The molecule has 0 fully saturated rings. The summed E-state index contributed by atoms with van der Waals surface area (Å²) >= 11 is 4.03. The largest absolute Gasteiger partial charge is 0.378 e. The molecule has 2 nitrogen and oxygen atoms in total. The van der Waals surface area contributed by atoms with Gasteiger partial charge in [-0.3, -0.25) is 4.79 Å². The Morgan fingerprint density at radius 1 is 1.43 bits per heavy atom. The van der Waals surface area contributed by atoms with Gasteiger partial charge in [-0.25, -0.2) is 0 Å². The van der Waals surface area contributed by atoms with Gasteiger partial charge in [0.1, 0.15) is 5.60 Å². The van der Waals surface area contributed by atoms with Crippen molar-refractivity contribution in [3.05, 3.63) is 35.9 Å². The van der Waals surface area contributed by atoms with Crippen LogP contribution in [0, 0.1) is 0 Å². The van der Waals surface area contributed by atoms with Crippen LogP contribution in [0.2, 0.25) is 0 Å². The summed E-state index contributed by atoms with van der Waals surface area (Å²) in [6.07, 6.45) is 0. The van der Waals surface area contributed by atoms with Crippen LogP contribution in [0.1, 0.15) is 19.4 Å². The molecule has 1 N–H and O–H groups in total. The fourth-order valence-electron chi connectivity index (χ4n) is 1.31. The first-order valence-electron chi connectivity index (χ1n) is 4.46. The third-order valence-electron chi connectivity index (χ3n) is 2.20. The highest BCUT2D eigenvalue weighted by molar-refractivity contribution is 7.81. The van der Waals surface area contributed by atoms with E-state index in [0.717, 1.165) is 0 Å². The van der Waals surface area contributed by atoms with Crippen molar-refractivity contribution in [2.75, 3.05) is 0 Å². The third-order valence-corrected chi connectivity index (χ3v) is 2.43. The molecule has 0 saturated heterocycles. The molecule has 0 aliphatic carbocycles. The highest BCUT2D eigenvalue weighted by atomic mass is 32.1. The number of benzene rings is 1. The number of aliphatic hydroxyl groups is 1. The fourth-order valence-corrected chi connectivity index (χ4v) is 1.56. The summed E-state index contributed by atoms with van der Waals surface area (Å²) in [7, 11) is 0. The van der Waals surface area contributed by atoms with E-state index < -0.39 is 10.9 Å². The zero-order valence-corrected chi connectivity index (χ0v) is 9.16. The number of thiol groups is 1. The Kier molecular flexibility index (Phi) is 3.34. The lowest BCUT2D eigenvalue weighted by molar-refractivity contribution is -0.135. The molecule has 0 aliphatic rings. The van der Waals surface area contributed by atoms with Gasteiger partial charge >= 0.3 is 0 Å². The average molecular weight is 210 g/mol. The standard InChI is InChI=1S/C11H14O2S/c1-8(14)10(12)11(2,13)9-6-4-3-5-7-9/h3-8,13-14H,1-2H3/t8?,11-/m0/s1. The minimum absolute atomic E-state index is 0.285. The molecular formula is C11H14O2S. The van der Waals surface area contributed by atoms with Crippen molar-refractivity contribution < 1.29 is 9.90 Å². The summed E-state index contributed by atoms with van der Waals surface area (Å²) < 4.78 is 0. The van der Waals surface area contributed by atoms with Gasteiger partial charge in [0.25, 0.3) is 0 Å². The molecule has 0 aliphatic heterocycles. The molecule has 3 heteroatoms. The number of carbonyl (C=O) groups is 1. The highest BCUT2D eigenvalue weighted by Gasteiger charge is 2.33. The summed E-state index contributed by atoms with van der Waals surface area (Å²) in [5.41, 5.74) is -0.839. The third kappa shape index (κ3) is 2.16. The molecule has 1 rings (SSSR count). The van der Waals surface area contributed by atoms with Crippen LogP contribution in [0.25, 0.3) is 0 Å². The minimum atomic E-state index is -1.44. The SMILES string of the molecule is CC(S)C(=O)[C@@](C)(O)c1ccccc1. The first-order valence-corrected chi connectivity index (χ1v) is 4.98. The quantitative estimate of drug-likeness (QED) is 0.746. The van der Waals surface area contributed by atoms with E-state index in [0.29, 0.717) is 5.56 Å². The Hall–Kier alpha value is -0.800. The van der Waals surface area contributed by atoms with Crippen LogP contribution in [-0.2, 0) is 10.4 Å². The van der Waals surface area contributed by atoms with E-state index in [1.807, 2.05) is 6.07 Å². The van der Waals surface area contributed by atoms with Gasteiger partial charge in [-0.2, -0.15) is 12.6 Å². The van der Waals surface area contributed by atoms with Crippen molar-refractivity contribution in [1.82, 2.24) is 0 Å². The van der Waals surface area contributed by atoms with Crippen LogP contribution in [0.3, 0.4) is 0 Å². The lowest BCUT2D eigenvalue weighted by atomic mass is 9.90. The van der Waals surface area contributed by atoms with E-state index in [2.05, 4.69) is 12.6 Å². The molecule has 2 atom stereocenters. The average Bonchev–Trinajstić information content (AvgIpc) is 2.18. The lowest BCUT2D eigenvalue weighted by Crippen LogP contribution is -2.36. The number of hydrogen-bond acceptors (Lipinski definition) is 3. The molecule has 1 unspecified atom stereocenters. The van der Waals surface area contributed by atoms with E-state index in [-0.39, 0.29) is 5.78 Å². The number of hydrogen-bond donors (Lipinski definition) is 2. The molecule has 76 valence electrons. The maximum Gasteiger partial charge on any atom is 0.180 e. The monoisotopic (exact) mass is 210 g/mol. The minimum Gasteiger partial charge on any atom is -0.378 e. The van der Waals surface area contributed by atoms with Crippen LogP contribution >= 0.6 is 12.6 Å². The summed E-state index contributed by atoms with van der Waals surface area (Å²) in [6.45, 7) is 3.15. The van der Waals surface area contributed by atoms with E-state index >= 15 is 0 Å². The van der Waals surface area contributed by atoms with E-state index in [1.165, 1.54) is 6.92 Å². The summed E-state index contributed by atoms with van der Waals surface area (Å²) in [4.78, 5) is 11.6. The summed E-state index contributed by atoms with van der Waals surface area (Å²) in [6, 6.07) is 8.89. The Morgan fingerprint density at radius 2 is 1.93 bits per heavy atom. The predicted molar refractivity (Wildman–Crippen MR) is 59.5 cm³/mol. The van der Waals surface area contributed by atoms with Crippen molar-refractivity contribution in [1.29, 1.82) is 0 Å². The van der Waals surface area contributed by atoms with Gasteiger partial charge in [-0.1, -0.05) is 30.3 Å². The fraction of sp³-hybridized carbons (Fsp3) is 0.364. The Labute approximate surface area is 89.4 Å².